The average Bonchev–Trinajstić information content (AvgIpc) is 2.84. The van der Waals surface area contributed by atoms with Crippen LogP contribution in [0.15, 0.2) is 47.4 Å². The van der Waals surface area contributed by atoms with E-state index in [4.69, 9.17) is 0 Å². The summed E-state index contributed by atoms with van der Waals surface area (Å²) in [5.74, 6) is 0.982. The second kappa shape index (κ2) is 5.17. The molecule has 0 bridgehead atoms. The standard InChI is InChI=1S/C15H14N2O2S/c1-10-8-11(17(18)19)6-7-13(10)16-14-9-20-15-5-3-2-4-12(14)15/h2-8,14,16H,9H2,1H3. The summed E-state index contributed by atoms with van der Waals surface area (Å²) >= 11 is 1.84. The average molecular weight is 286 g/mol. The van der Waals surface area contributed by atoms with Crippen LogP contribution in [0.5, 0.6) is 0 Å². The van der Waals surface area contributed by atoms with Crippen LogP contribution in [-0.2, 0) is 0 Å². The maximum atomic E-state index is 10.8. The van der Waals surface area contributed by atoms with E-state index in [0.29, 0.717) is 0 Å². The van der Waals surface area contributed by atoms with Crippen molar-refractivity contribution in [1.29, 1.82) is 0 Å². The third-order valence-electron chi connectivity index (χ3n) is 3.45. The van der Waals surface area contributed by atoms with Gasteiger partial charge >= 0.3 is 0 Å². The zero-order valence-electron chi connectivity index (χ0n) is 11.0. The van der Waals surface area contributed by atoms with E-state index in [-0.39, 0.29) is 16.7 Å². The summed E-state index contributed by atoms with van der Waals surface area (Å²) < 4.78 is 0. The van der Waals surface area contributed by atoms with E-state index in [9.17, 15) is 10.1 Å². The van der Waals surface area contributed by atoms with Crippen LogP contribution in [0.1, 0.15) is 17.2 Å². The maximum Gasteiger partial charge on any atom is 0.269 e. The molecule has 0 fully saturated rings. The Bertz CT molecular complexity index is 673. The summed E-state index contributed by atoms with van der Waals surface area (Å²) in [6.07, 6.45) is 0. The summed E-state index contributed by atoms with van der Waals surface area (Å²) in [7, 11) is 0. The predicted octanol–water partition coefficient (Wildman–Crippen LogP) is 4.16. The Kier molecular flexibility index (Phi) is 3.36. The minimum Gasteiger partial charge on any atom is -0.377 e. The maximum absolute atomic E-state index is 10.8. The Morgan fingerprint density at radius 2 is 2.10 bits per heavy atom. The van der Waals surface area contributed by atoms with Gasteiger partial charge in [0.15, 0.2) is 0 Å². The minimum atomic E-state index is -0.364. The lowest BCUT2D eigenvalue weighted by Crippen LogP contribution is -2.10. The number of benzene rings is 2. The van der Waals surface area contributed by atoms with Crippen LogP contribution in [0.4, 0.5) is 11.4 Å². The van der Waals surface area contributed by atoms with Crippen LogP contribution in [0.2, 0.25) is 0 Å². The number of aryl methyl sites for hydroxylation is 1. The van der Waals surface area contributed by atoms with Crippen LogP contribution >= 0.6 is 11.8 Å². The molecule has 0 aliphatic carbocycles. The quantitative estimate of drug-likeness (QED) is 0.680. The summed E-state index contributed by atoms with van der Waals surface area (Å²) in [4.78, 5) is 11.7. The number of non-ortho nitro benzene ring substituents is 1. The number of nitro benzene ring substituents is 1. The molecule has 0 saturated carbocycles. The van der Waals surface area contributed by atoms with Gasteiger partial charge in [0.05, 0.1) is 11.0 Å². The first-order valence-electron chi connectivity index (χ1n) is 6.38. The lowest BCUT2D eigenvalue weighted by atomic mass is 10.1. The summed E-state index contributed by atoms with van der Waals surface area (Å²) in [6, 6.07) is 13.6. The van der Waals surface area contributed by atoms with Gasteiger partial charge in [-0.25, -0.2) is 0 Å². The van der Waals surface area contributed by atoms with Gasteiger partial charge in [-0.2, -0.15) is 0 Å². The van der Waals surface area contributed by atoms with E-state index in [2.05, 4.69) is 17.4 Å². The van der Waals surface area contributed by atoms with Gasteiger partial charge in [0.1, 0.15) is 0 Å². The Morgan fingerprint density at radius 1 is 1.30 bits per heavy atom. The first-order valence-corrected chi connectivity index (χ1v) is 7.37. The highest BCUT2D eigenvalue weighted by molar-refractivity contribution is 7.99. The van der Waals surface area contributed by atoms with Crippen molar-refractivity contribution in [3.63, 3.8) is 0 Å². The molecule has 3 rings (SSSR count). The van der Waals surface area contributed by atoms with E-state index in [1.807, 2.05) is 30.8 Å². The van der Waals surface area contributed by atoms with Crippen molar-refractivity contribution in [1.82, 2.24) is 0 Å². The predicted molar refractivity (Wildman–Crippen MR) is 81.4 cm³/mol. The van der Waals surface area contributed by atoms with E-state index in [1.54, 1.807) is 18.2 Å². The Labute approximate surface area is 121 Å². The Morgan fingerprint density at radius 3 is 2.85 bits per heavy atom. The van der Waals surface area contributed by atoms with Gasteiger partial charge in [-0.1, -0.05) is 18.2 Å². The molecule has 0 radical (unpaired) electrons. The van der Waals surface area contributed by atoms with Crippen molar-refractivity contribution in [2.75, 3.05) is 11.1 Å². The molecule has 4 nitrogen and oxygen atoms in total. The molecule has 0 aromatic heterocycles. The van der Waals surface area contributed by atoms with Gasteiger partial charge in [-0.3, -0.25) is 10.1 Å². The molecule has 2 aromatic carbocycles. The lowest BCUT2D eigenvalue weighted by Gasteiger charge is -2.16. The number of nitrogens with zero attached hydrogens (tertiary/aromatic N) is 1. The third kappa shape index (κ3) is 2.36. The van der Waals surface area contributed by atoms with Gasteiger partial charge in [0.25, 0.3) is 5.69 Å². The van der Waals surface area contributed by atoms with Crippen molar-refractivity contribution in [2.45, 2.75) is 17.9 Å². The fraction of sp³-hybridized carbons (Fsp3) is 0.200. The fourth-order valence-corrected chi connectivity index (χ4v) is 3.55. The highest BCUT2D eigenvalue weighted by atomic mass is 32.2. The molecule has 102 valence electrons. The molecule has 5 heteroatoms. The zero-order valence-corrected chi connectivity index (χ0v) is 11.8. The molecule has 2 aromatic rings. The minimum absolute atomic E-state index is 0.134. The molecule has 0 amide bonds. The molecule has 20 heavy (non-hydrogen) atoms. The Hall–Kier alpha value is -2.01. The molecular weight excluding hydrogens is 272 g/mol. The Balaban J connectivity index is 1.84. The van der Waals surface area contributed by atoms with Crippen molar-refractivity contribution in [3.8, 4) is 0 Å². The van der Waals surface area contributed by atoms with Gasteiger partial charge < -0.3 is 5.32 Å². The summed E-state index contributed by atoms with van der Waals surface area (Å²) in [5.41, 5.74) is 3.29. The number of nitro groups is 1. The van der Waals surface area contributed by atoms with E-state index >= 15 is 0 Å². The number of rotatable bonds is 3. The molecule has 1 aliphatic heterocycles. The van der Waals surface area contributed by atoms with Crippen LogP contribution < -0.4 is 5.32 Å². The van der Waals surface area contributed by atoms with Gasteiger partial charge in [0.2, 0.25) is 0 Å². The van der Waals surface area contributed by atoms with Gasteiger partial charge in [-0.05, 0) is 30.2 Å². The molecule has 1 atom stereocenters. The first kappa shape index (κ1) is 13.0. The number of thioether (sulfide) groups is 1. The van der Waals surface area contributed by atoms with Crippen LogP contribution in [0, 0.1) is 17.0 Å². The molecule has 0 saturated heterocycles. The van der Waals surface area contributed by atoms with Crippen LogP contribution in [0.25, 0.3) is 0 Å². The molecule has 1 aliphatic rings. The highest BCUT2D eigenvalue weighted by Gasteiger charge is 2.23. The number of hydrogen-bond donors (Lipinski definition) is 1. The third-order valence-corrected chi connectivity index (χ3v) is 4.63. The normalized spacial score (nSPS) is 16.8. The second-order valence-electron chi connectivity index (χ2n) is 4.80. The molecule has 1 N–H and O–H groups in total. The summed E-state index contributed by atoms with van der Waals surface area (Å²) in [6.45, 7) is 1.89. The zero-order chi connectivity index (χ0) is 14.1. The van der Waals surface area contributed by atoms with Crippen molar-refractivity contribution < 1.29 is 4.92 Å². The fourth-order valence-electron chi connectivity index (χ4n) is 2.39. The summed E-state index contributed by atoms with van der Waals surface area (Å²) in [5, 5.41) is 14.2. The van der Waals surface area contributed by atoms with E-state index in [1.165, 1.54) is 10.5 Å². The largest absolute Gasteiger partial charge is 0.377 e. The topological polar surface area (TPSA) is 55.2 Å². The van der Waals surface area contributed by atoms with Crippen molar-refractivity contribution in [3.05, 3.63) is 63.7 Å². The number of anilines is 1. The smallest absolute Gasteiger partial charge is 0.269 e. The van der Waals surface area contributed by atoms with Crippen molar-refractivity contribution in [2.24, 2.45) is 0 Å². The number of fused-ring (bicyclic) bond motifs is 1. The van der Waals surface area contributed by atoms with Gasteiger partial charge in [0, 0.05) is 28.5 Å². The molecular formula is C15H14N2O2S. The van der Waals surface area contributed by atoms with Crippen LogP contribution in [-0.4, -0.2) is 10.7 Å². The van der Waals surface area contributed by atoms with E-state index < -0.39 is 0 Å². The monoisotopic (exact) mass is 286 g/mol. The van der Waals surface area contributed by atoms with Crippen LogP contribution in [0.3, 0.4) is 0 Å². The van der Waals surface area contributed by atoms with Crippen molar-refractivity contribution >= 4 is 23.1 Å². The first-order chi connectivity index (χ1) is 9.65. The van der Waals surface area contributed by atoms with E-state index in [0.717, 1.165) is 17.0 Å². The van der Waals surface area contributed by atoms with Gasteiger partial charge in [-0.15, -0.1) is 11.8 Å². The second-order valence-corrected chi connectivity index (χ2v) is 5.86. The molecule has 1 heterocycles. The molecule has 0 spiro atoms. The molecule has 1 unspecified atom stereocenters. The number of nitrogens with one attached hydrogen (secondary N) is 1. The lowest BCUT2D eigenvalue weighted by molar-refractivity contribution is -0.384. The highest BCUT2D eigenvalue weighted by Crippen LogP contribution is 2.40. The number of hydrogen-bond acceptors (Lipinski definition) is 4. The SMILES string of the molecule is Cc1cc([N+](=O)[O-])ccc1NC1CSc2ccccc21.